The summed E-state index contributed by atoms with van der Waals surface area (Å²) < 4.78 is 27.7. The van der Waals surface area contributed by atoms with Crippen LogP contribution in [0.5, 0.6) is 0 Å². The largest absolute Gasteiger partial charge is 0.323 e. The minimum absolute atomic E-state index is 0.137. The Morgan fingerprint density at radius 1 is 1.03 bits per heavy atom. The average molecular weight is 412 g/mol. The summed E-state index contributed by atoms with van der Waals surface area (Å²) >= 11 is 0. The van der Waals surface area contributed by atoms with Crippen molar-refractivity contribution in [2.24, 2.45) is 4.99 Å². The van der Waals surface area contributed by atoms with E-state index in [1.165, 1.54) is 18.2 Å². The molecule has 2 aromatic carbocycles. The first-order valence-corrected chi connectivity index (χ1v) is 11.1. The molecule has 1 aliphatic heterocycles. The van der Waals surface area contributed by atoms with Gasteiger partial charge in [0, 0.05) is 24.7 Å². The Labute approximate surface area is 171 Å². The first-order valence-electron chi connectivity index (χ1n) is 9.65. The van der Waals surface area contributed by atoms with Crippen molar-refractivity contribution < 1.29 is 13.2 Å². The number of hydrogen-bond donors (Lipinski definition) is 2. The quantitative estimate of drug-likeness (QED) is 0.732. The number of nitrogens with zero attached hydrogens (tertiary/aromatic N) is 1. The van der Waals surface area contributed by atoms with E-state index in [0.717, 1.165) is 30.4 Å². The summed E-state index contributed by atoms with van der Waals surface area (Å²) in [6, 6.07) is 13.9. The van der Waals surface area contributed by atoms with Crippen LogP contribution in [-0.2, 0) is 14.8 Å². The first kappa shape index (κ1) is 20.8. The van der Waals surface area contributed by atoms with E-state index in [0.29, 0.717) is 24.5 Å². The molecule has 0 radical (unpaired) electrons. The maximum Gasteiger partial charge on any atom is 0.262 e. The summed E-state index contributed by atoms with van der Waals surface area (Å²) in [5.41, 5.74) is 2.57. The van der Waals surface area contributed by atoms with Crippen LogP contribution < -0.4 is 10.0 Å². The number of amides is 1. The molecule has 0 atom stereocenters. The van der Waals surface area contributed by atoms with Gasteiger partial charge in [0.2, 0.25) is 5.91 Å². The van der Waals surface area contributed by atoms with Crippen LogP contribution in [0, 0.1) is 6.92 Å². The molecule has 0 bridgehead atoms. The molecule has 1 aliphatic rings. The number of amidine groups is 1. The standard InChI is InChI=1S/C22H25N3O3S/c1-17-7-4-5-8-18(17)10-15-22(26)24-19-11-13-20(14-12-19)29(27,28)25-21-9-3-2-6-16-23-21/h4-5,7-8,10-15H,2-3,6,9,16H2,1H3,(H,23,25)(H,24,26)/b15-10+. The van der Waals surface area contributed by atoms with Crippen molar-refractivity contribution in [2.75, 3.05) is 11.9 Å². The zero-order valence-corrected chi connectivity index (χ0v) is 17.2. The third-order valence-electron chi connectivity index (χ3n) is 4.66. The normalized spacial score (nSPS) is 14.9. The molecule has 0 aliphatic carbocycles. The molecule has 152 valence electrons. The van der Waals surface area contributed by atoms with Gasteiger partial charge in [-0.15, -0.1) is 0 Å². The maximum atomic E-state index is 12.5. The van der Waals surface area contributed by atoms with Gasteiger partial charge >= 0.3 is 0 Å². The van der Waals surface area contributed by atoms with Crippen molar-refractivity contribution in [1.29, 1.82) is 0 Å². The molecule has 1 amide bonds. The Hall–Kier alpha value is -2.93. The van der Waals surface area contributed by atoms with Gasteiger partial charge < -0.3 is 5.32 Å². The predicted molar refractivity (Wildman–Crippen MR) is 116 cm³/mol. The fourth-order valence-corrected chi connectivity index (χ4v) is 4.10. The Kier molecular flexibility index (Phi) is 6.82. The lowest BCUT2D eigenvalue weighted by Gasteiger charge is -2.10. The van der Waals surface area contributed by atoms with Crippen LogP contribution in [0.3, 0.4) is 0 Å². The Bertz CT molecular complexity index is 1030. The number of benzene rings is 2. The SMILES string of the molecule is Cc1ccccc1/C=C/C(=O)Nc1ccc(S(=O)(=O)NC2=NCCCCC2)cc1. The highest BCUT2D eigenvalue weighted by Crippen LogP contribution is 2.16. The van der Waals surface area contributed by atoms with Gasteiger partial charge in [-0.05, 0) is 61.2 Å². The number of carbonyl (C=O) groups excluding carboxylic acids is 1. The predicted octanol–water partition coefficient (Wildman–Crippen LogP) is 3.90. The summed E-state index contributed by atoms with van der Waals surface area (Å²) in [5, 5.41) is 2.74. The summed E-state index contributed by atoms with van der Waals surface area (Å²) in [6.07, 6.45) is 6.82. The number of carbonyl (C=O) groups is 1. The van der Waals surface area contributed by atoms with Gasteiger partial charge in [-0.1, -0.05) is 30.7 Å². The molecule has 3 rings (SSSR count). The number of rotatable bonds is 5. The molecule has 0 fully saturated rings. The average Bonchev–Trinajstić information content (AvgIpc) is 2.96. The number of anilines is 1. The molecular weight excluding hydrogens is 386 g/mol. The third-order valence-corrected chi connectivity index (χ3v) is 6.06. The van der Waals surface area contributed by atoms with Gasteiger partial charge in [0.25, 0.3) is 10.0 Å². The zero-order chi connectivity index (χ0) is 20.7. The highest BCUT2D eigenvalue weighted by molar-refractivity contribution is 7.90. The Morgan fingerprint density at radius 3 is 2.55 bits per heavy atom. The lowest BCUT2D eigenvalue weighted by molar-refractivity contribution is -0.111. The molecule has 2 aromatic rings. The highest BCUT2D eigenvalue weighted by Gasteiger charge is 2.17. The molecular formula is C22H25N3O3S. The van der Waals surface area contributed by atoms with Crippen LogP contribution in [0.25, 0.3) is 6.08 Å². The molecule has 0 unspecified atom stereocenters. The van der Waals surface area contributed by atoms with Crippen molar-refractivity contribution >= 4 is 33.5 Å². The van der Waals surface area contributed by atoms with E-state index in [-0.39, 0.29) is 10.8 Å². The molecule has 0 aromatic heterocycles. The topological polar surface area (TPSA) is 87.6 Å². The fourth-order valence-electron chi connectivity index (χ4n) is 3.01. The lowest BCUT2D eigenvalue weighted by Crippen LogP contribution is -2.30. The van der Waals surface area contributed by atoms with Crippen LogP contribution in [0.1, 0.15) is 36.8 Å². The smallest absolute Gasteiger partial charge is 0.262 e. The molecule has 29 heavy (non-hydrogen) atoms. The summed E-state index contributed by atoms with van der Waals surface area (Å²) in [5.74, 6) is 0.232. The van der Waals surface area contributed by atoms with Crippen molar-refractivity contribution in [3.63, 3.8) is 0 Å². The van der Waals surface area contributed by atoms with E-state index in [1.54, 1.807) is 18.2 Å². The molecule has 6 nitrogen and oxygen atoms in total. The van der Waals surface area contributed by atoms with E-state index in [9.17, 15) is 13.2 Å². The van der Waals surface area contributed by atoms with Crippen LogP contribution in [0.2, 0.25) is 0 Å². The van der Waals surface area contributed by atoms with Crippen molar-refractivity contribution in [1.82, 2.24) is 4.72 Å². The number of nitrogens with one attached hydrogen (secondary N) is 2. The molecule has 0 saturated heterocycles. The minimum atomic E-state index is -3.68. The summed E-state index contributed by atoms with van der Waals surface area (Å²) in [7, 11) is -3.68. The van der Waals surface area contributed by atoms with E-state index in [1.807, 2.05) is 31.2 Å². The lowest BCUT2D eigenvalue weighted by atomic mass is 10.1. The summed E-state index contributed by atoms with van der Waals surface area (Å²) in [6.45, 7) is 2.63. The van der Waals surface area contributed by atoms with E-state index >= 15 is 0 Å². The van der Waals surface area contributed by atoms with Crippen molar-refractivity contribution in [2.45, 2.75) is 37.5 Å². The molecule has 1 heterocycles. The van der Waals surface area contributed by atoms with Gasteiger partial charge in [-0.25, -0.2) is 8.42 Å². The van der Waals surface area contributed by atoms with E-state index in [2.05, 4.69) is 15.0 Å². The zero-order valence-electron chi connectivity index (χ0n) is 16.4. The Morgan fingerprint density at radius 2 is 1.79 bits per heavy atom. The minimum Gasteiger partial charge on any atom is -0.323 e. The van der Waals surface area contributed by atoms with Gasteiger partial charge in [-0.3, -0.25) is 14.5 Å². The van der Waals surface area contributed by atoms with Gasteiger partial charge in [0.05, 0.1) is 4.90 Å². The number of aryl methyl sites for hydroxylation is 1. The second-order valence-corrected chi connectivity index (χ2v) is 8.63. The van der Waals surface area contributed by atoms with Gasteiger partial charge in [-0.2, -0.15) is 0 Å². The van der Waals surface area contributed by atoms with Crippen LogP contribution in [-0.4, -0.2) is 26.7 Å². The molecule has 7 heteroatoms. The first-order chi connectivity index (χ1) is 13.9. The van der Waals surface area contributed by atoms with Crippen LogP contribution in [0.15, 0.2) is 64.5 Å². The van der Waals surface area contributed by atoms with Gasteiger partial charge in [0.15, 0.2) is 0 Å². The van der Waals surface area contributed by atoms with Gasteiger partial charge in [0.1, 0.15) is 5.84 Å². The number of hydrogen-bond acceptors (Lipinski definition) is 4. The van der Waals surface area contributed by atoms with E-state index < -0.39 is 10.0 Å². The Balaban J connectivity index is 1.62. The highest BCUT2D eigenvalue weighted by atomic mass is 32.2. The molecule has 2 N–H and O–H groups in total. The molecule has 0 saturated carbocycles. The van der Waals surface area contributed by atoms with Crippen molar-refractivity contribution in [3.05, 3.63) is 65.7 Å². The van der Waals surface area contributed by atoms with Crippen LogP contribution >= 0.6 is 0 Å². The van der Waals surface area contributed by atoms with E-state index in [4.69, 9.17) is 0 Å². The number of sulfonamides is 1. The maximum absolute atomic E-state index is 12.5. The monoisotopic (exact) mass is 411 g/mol. The molecule has 0 spiro atoms. The van der Waals surface area contributed by atoms with Crippen molar-refractivity contribution in [3.8, 4) is 0 Å². The van der Waals surface area contributed by atoms with Crippen LogP contribution in [0.4, 0.5) is 5.69 Å². The summed E-state index contributed by atoms with van der Waals surface area (Å²) in [4.78, 5) is 16.6. The number of aliphatic imine (C=N–C) groups is 1. The second-order valence-electron chi connectivity index (χ2n) is 6.95. The fraction of sp³-hybridized carbons (Fsp3) is 0.273. The third kappa shape index (κ3) is 6.02. The second kappa shape index (κ2) is 9.52.